The van der Waals surface area contributed by atoms with E-state index >= 15 is 0 Å². The highest BCUT2D eigenvalue weighted by Gasteiger charge is 2.27. The number of halogens is 1. The number of hydrogen-bond donors (Lipinski definition) is 2. The van der Waals surface area contributed by atoms with Crippen LogP contribution < -0.4 is 10.6 Å². The van der Waals surface area contributed by atoms with Gasteiger partial charge in [0.1, 0.15) is 16.9 Å². The van der Waals surface area contributed by atoms with Gasteiger partial charge < -0.3 is 5.32 Å². The third-order valence-corrected chi connectivity index (χ3v) is 4.12. The molecule has 1 unspecified atom stereocenters. The number of hydrogen-bond acceptors (Lipinski definition) is 5. The SMILES string of the molecule is O=C1CCC(C(=O)Nc2nnc(Cc3ccc(F)cc3)s2)N1. The van der Waals surface area contributed by atoms with E-state index in [1.807, 2.05) is 0 Å². The summed E-state index contributed by atoms with van der Waals surface area (Å²) in [6.07, 6.45) is 1.38. The van der Waals surface area contributed by atoms with Crippen LogP contribution in [0.4, 0.5) is 9.52 Å². The molecule has 1 aliphatic rings. The topological polar surface area (TPSA) is 84.0 Å². The molecular formula is C14H13FN4O2S. The van der Waals surface area contributed by atoms with Crippen LogP contribution in [0.1, 0.15) is 23.4 Å². The van der Waals surface area contributed by atoms with E-state index in [1.54, 1.807) is 12.1 Å². The van der Waals surface area contributed by atoms with Crippen molar-refractivity contribution in [2.45, 2.75) is 25.3 Å². The molecule has 114 valence electrons. The van der Waals surface area contributed by atoms with E-state index < -0.39 is 6.04 Å². The van der Waals surface area contributed by atoms with Gasteiger partial charge in [-0.3, -0.25) is 14.9 Å². The molecule has 1 aliphatic heterocycles. The van der Waals surface area contributed by atoms with Gasteiger partial charge in [0, 0.05) is 12.8 Å². The van der Waals surface area contributed by atoms with E-state index in [-0.39, 0.29) is 17.6 Å². The van der Waals surface area contributed by atoms with Crippen molar-refractivity contribution in [1.29, 1.82) is 0 Å². The molecule has 1 aromatic heterocycles. The van der Waals surface area contributed by atoms with E-state index in [0.29, 0.717) is 24.4 Å². The maximum absolute atomic E-state index is 12.8. The van der Waals surface area contributed by atoms with E-state index in [0.717, 1.165) is 10.6 Å². The first kappa shape index (κ1) is 14.6. The zero-order valence-corrected chi connectivity index (χ0v) is 12.3. The number of benzene rings is 1. The molecule has 6 nitrogen and oxygen atoms in total. The summed E-state index contributed by atoms with van der Waals surface area (Å²) in [5, 5.41) is 14.3. The zero-order chi connectivity index (χ0) is 15.5. The Morgan fingerprint density at radius 1 is 1.36 bits per heavy atom. The second kappa shape index (κ2) is 6.18. The van der Waals surface area contributed by atoms with Crippen molar-refractivity contribution in [2.75, 3.05) is 5.32 Å². The monoisotopic (exact) mass is 320 g/mol. The van der Waals surface area contributed by atoms with Crippen molar-refractivity contribution in [3.63, 3.8) is 0 Å². The third kappa shape index (κ3) is 3.45. The van der Waals surface area contributed by atoms with Gasteiger partial charge in [0.25, 0.3) is 0 Å². The lowest BCUT2D eigenvalue weighted by Gasteiger charge is -2.07. The molecule has 0 bridgehead atoms. The number of anilines is 1. The van der Waals surface area contributed by atoms with Crippen LogP contribution in [0.3, 0.4) is 0 Å². The molecular weight excluding hydrogens is 307 g/mol. The van der Waals surface area contributed by atoms with E-state index in [4.69, 9.17) is 0 Å². The number of nitrogens with zero attached hydrogens (tertiary/aromatic N) is 2. The summed E-state index contributed by atoms with van der Waals surface area (Å²) in [5.41, 5.74) is 0.915. The summed E-state index contributed by atoms with van der Waals surface area (Å²) in [6.45, 7) is 0. The molecule has 1 atom stereocenters. The highest BCUT2D eigenvalue weighted by molar-refractivity contribution is 7.15. The van der Waals surface area contributed by atoms with Crippen LogP contribution in [-0.4, -0.2) is 28.1 Å². The number of carbonyl (C=O) groups is 2. The second-order valence-corrected chi connectivity index (χ2v) is 6.01. The Kier molecular flexibility index (Phi) is 4.10. The van der Waals surface area contributed by atoms with Gasteiger partial charge in [0.05, 0.1) is 0 Å². The average molecular weight is 320 g/mol. The van der Waals surface area contributed by atoms with E-state index in [1.165, 1.54) is 23.5 Å². The van der Waals surface area contributed by atoms with Gasteiger partial charge in [-0.25, -0.2) is 4.39 Å². The van der Waals surface area contributed by atoms with Crippen molar-refractivity contribution in [3.8, 4) is 0 Å². The van der Waals surface area contributed by atoms with Crippen molar-refractivity contribution in [3.05, 3.63) is 40.7 Å². The molecule has 2 aromatic rings. The molecule has 2 heterocycles. The molecule has 3 rings (SSSR count). The third-order valence-electron chi connectivity index (χ3n) is 3.28. The number of rotatable bonds is 4. The van der Waals surface area contributed by atoms with Gasteiger partial charge >= 0.3 is 0 Å². The zero-order valence-electron chi connectivity index (χ0n) is 11.5. The molecule has 2 N–H and O–H groups in total. The van der Waals surface area contributed by atoms with Crippen molar-refractivity contribution >= 4 is 28.3 Å². The van der Waals surface area contributed by atoms with Crippen LogP contribution in [0.25, 0.3) is 0 Å². The Morgan fingerprint density at radius 3 is 2.82 bits per heavy atom. The Morgan fingerprint density at radius 2 is 2.14 bits per heavy atom. The van der Waals surface area contributed by atoms with Crippen LogP contribution in [-0.2, 0) is 16.0 Å². The quantitative estimate of drug-likeness (QED) is 0.894. The molecule has 22 heavy (non-hydrogen) atoms. The molecule has 0 radical (unpaired) electrons. The number of amides is 2. The maximum Gasteiger partial charge on any atom is 0.248 e. The lowest BCUT2D eigenvalue weighted by molar-refractivity contribution is -0.122. The fraction of sp³-hybridized carbons (Fsp3) is 0.286. The standard InChI is InChI=1S/C14H13FN4O2S/c15-9-3-1-8(2-4-9)7-12-18-19-14(22-12)17-13(21)10-5-6-11(20)16-10/h1-4,10H,5-7H2,(H,16,20)(H,17,19,21). The number of nitrogens with one attached hydrogen (secondary N) is 2. The van der Waals surface area contributed by atoms with Crippen molar-refractivity contribution in [1.82, 2.24) is 15.5 Å². The maximum atomic E-state index is 12.8. The molecule has 0 aliphatic carbocycles. The predicted molar refractivity (Wildman–Crippen MR) is 78.9 cm³/mol. The first-order valence-corrected chi connectivity index (χ1v) is 7.59. The van der Waals surface area contributed by atoms with Gasteiger partial charge in [-0.2, -0.15) is 0 Å². The van der Waals surface area contributed by atoms with Crippen LogP contribution in [0.5, 0.6) is 0 Å². The minimum Gasteiger partial charge on any atom is -0.344 e. The van der Waals surface area contributed by atoms with E-state index in [9.17, 15) is 14.0 Å². The summed E-state index contributed by atoms with van der Waals surface area (Å²) < 4.78 is 12.8. The molecule has 1 fully saturated rings. The minimum absolute atomic E-state index is 0.116. The Bertz CT molecular complexity index is 701. The first-order valence-electron chi connectivity index (χ1n) is 6.77. The Labute approximate surface area is 129 Å². The molecule has 8 heteroatoms. The fourth-order valence-corrected chi connectivity index (χ4v) is 2.93. The summed E-state index contributed by atoms with van der Waals surface area (Å²) >= 11 is 1.26. The first-order chi connectivity index (χ1) is 10.6. The molecule has 2 amide bonds. The van der Waals surface area contributed by atoms with Gasteiger partial charge in [0.2, 0.25) is 16.9 Å². The minimum atomic E-state index is -0.503. The summed E-state index contributed by atoms with van der Waals surface area (Å²) in [6, 6.07) is 5.65. The lowest BCUT2D eigenvalue weighted by Crippen LogP contribution is -2.37. The Balaban J connectivity index is 1.60. The van der Waals surface area contributed by atoms with Crippen LogP contribution in [0, 0.1) is 5.82 Å². The fourth-order valence-electron chi connectivity index (χ4n) is 2.16. The van der Waals surface area contributed by atoms with Crippen LogP contribution in [0.15, 0.2) is 24.3 Å². The predicted octanol–water partition coefficient (Wildman–Crippen LogP) is 1.49. The van der Waals surface area contributed by atoms with Crippen molar-refractivity contribution < 1.29 is 14.0 Å². The van der Waals surface area contributed by atoms with Gasteiger partial charge in [0.15, 0.2) is 0 Å². The highest BCUT2D eigenvalue weighted by atomic mass is 32.1. The normalized spacial score (nSPS) is 17.3. The van der Waals surface area contributed by atoms with Gasteiger partial charge in [-0.05, 0) is 24.1 Å². The lowest BCUT2D eigenvalue weighted by atomic mass is 10.2. The van der Waals surface area contributed by atoms with Gasteiger partial charge in [-0.15, -0.1) is 10.2 Å². The molecule has 1 saturated heterocycles. The van der Waals surface area contributed by atoms with Crippen LogP contribution in [0.2, 0.25) is 0 Å². The Hall–Kier alpha value is -2.35. The van der Waals surface area contributed by atoms with Gasteiger partial charge in [-0.1, -0.05) is 23.5 Å². The molecule has 0 saturated carbocycles. The van der Waals surface area contributed by atoms with E-state index in [2.05, 4.69) is 20.8 Å². The highest BCUT2D eigenvalue weighted by Crippen LogP contribution is 2.19. The number of carbonyl (C=O) groups excluding carboxylic acids is 2. The number of aromatic nitrogens is 2. The summed E-state index contributed by atoms with van der Waals surface area (Å²) in [7, 11) is 0. The smallest absolute Gasteiger partial charge is 0.248 e. The average Bonchev–Trinajstić information content (AvgIpc) is 3.11. The van der Waals surface area contributed by atoms with Crippen LogP contribution >= 0.6 is 11.3 Å². The van der Waals surface area contributed by atoms with Crippen molar-refractivity contribution in [2.24, 2.45) is 0 Å². The second-order valence-electron chi connectivity index (χ2n) is 4.95. The molecule has 1 aromatic carbocycles. The molecule has 0 spiro atoms. The largest absolute Gasteiger partial charge is 0.344 e. The summed E-state index contributed by atoms with van der Waals surface area (Å²) in [4.78, 5) is 23.0. The summed E-state index contributed by atoms with van der Waals surface area (Å²) in [5.74, 6) is -0.683.